The minimum absolute atomic E-state index is 0.0233. The number of nitrogens with zero attached hydrogens (tertiary/aromatic N) is 1. The third-order valence-electron chi connectivity index (χ3n) is 2.66. The molecule has 1 heterocycles. The van der Waals surface area contributed by atoms with Crippen molar-refractivity contribution in [2.45, 2.75) is 26.2 Å². The highest BCUT2D eigenvalue weighted by atomic mass is 16.5. The summed E-state index contributed by atoms with van der Waals surface area (Å²) in [5.41, 5.74) is 1.65. The van der Waals surface area contributed by atoms with Crippen molar-refractivity contribution in [1.29, 1.82) is 0 Å². The number of benzene rings is 1. The number of rotatable bonds is 2. The van der Waals surface area contributed by atoms with Crippen molar-refractivity contribution in [3.8, 4) is 5.75 Å². The first-order valence-corrected chi connectivity index (χ1v) is 5.90. The Kier molecular flexibility index (Phi) is 3.24. The van der Waals surface area contributed by atoms with Crippen LogP contribution in [0.5, 0.6) is 5.75 Å². The highest BCUT2D eigenvalue weighted by Crippen LogP contribution is 2.23. The minimum Gasteiger partial charge on any atom is -0.507 e. The lowest BCUT2D eigenvalue weighted by atomic mass is 9.92. The average molecular weight is 243 g/mol. The van der Waals surface area contributed by atoms with E-state index in [4.69, 9.17) is 4.52 Å². The van der Waals surface area contributed by atoms with E-state index in [1.54, 1.807) is 18.2 Å². The molecule has 0 radical (unpaired) electrons. The van der Waals surface area contributed by atoms with Crippen molar-refractivity contribution in [2.24, 2.45) is 0 Å². The molecule has 0 unspecified atom stereocenters. The zero-order valence-electron chi connectivity index (χ0n) is 10.8. The summed E-state index contributed by atoms with van der Waals surface area (Å²) in [5, 5.41) is 13.7. The first-order chi connectivity index (χ1) is 8.47. The first-order valence-electron chi connectivity index (χ1n) is 5.90. The second kappa shape index (κ2) is 4.69. The summed E-state index contributed by atoms with van der Waals surface area (Å²) < 4.78 is 5.23. The van der Waals surface area contributed by atoms with Crippen LogP contribution in [0.3, 0.4) is 0 Å². The number of hydrogen-bond donors (Lipinski definition) is 1. The molecule has 1 aromatic heterocycles. The van der Waals surface area contributed by atoms with Crippen LogP contribution in [-0.2, 0) is 5.41 Å². The van der Waals surface area contributed by atoms with Gasteiger partial charge >= 0.3 is 0 Å². The van der Waals surface area contributed by atoms with Gasteiger partial charge in [-0.2, -0.15) is 0 Å². The van der Waals surface area contributed by atoms with Gasteiger partial charge in [0.1, 0.15) is 5.75 Å². The topological polar surface area (TPSA) is 46.3 Å². The van der Waals surface area contributed by atoms with E-state index >= 15 is 0 Å². The maximum absolute atomic E-state index is 9.63. The molecule has 2 rings (SSSR count). The monoisotopic (exact) mass is 243 g/mol. The number of aromatic nitrogens is 1. The van der Waals surface area contributed by atoms with Gasteiger partial charge in [0.15, 0.2) is 5.76 Å². The zero-order valence-corrected chi connectivity index (χ0v) is 10.8. The van der Waals surface area contributed by atoms with Crippen LogP contribution < -0.4 is 0 Å². The molecule has 1 aromatic carbocycles. The van der Waals surface area contributed by atoms with Crippen molar-refractivity contribution in [1.82, 2.24) is 5.16 Å². The Balaban J connectivity index is 2.20. The Morgan fingerprint density at radius 1 is 1.17 bits per heavy atom. The molecule has 0 amide bonds. The van der Waals surface area contributed by atoms with Gasteiger partial charge in [-0.05, 0) is 18.2 Å². The van der Waals surface area contributed by atoms with Gasteiger partial charge in [-0.3, -0.25) is 0 Å². The van der Waals surface area contributed by atoms with Gasteiger partial charge < -0.3 is 9.63 Å². The Hall–Kier alpha value is -2.03. The summed E-state index contributed by atoms with van der Waals surface area (Å²) in [6.07, 6.45) is 3.61. The molecule has 0 saturated heterocycles. The van der Waals surface area contributed by atoms with Gasteiger partial charge in [0.25, 0.3) is 0 Å². The summed E-state index contributed by atoms with van der Waals surface area (Å²) in [6, 6.07) is 9.07. The third-order valence-corrected chi connectivity index (χ3v) is 2.66. The molecule has 94 valence electrons. The van der Waals surface area contributed by atoms with E-state index in [1.165, 1.54) is 0 Å². The molecule has 3 heteroatoms. The number of phenols is 1. The highest BCUT2D eigenvalue weighted by Gasteiger charge is 2.18. The summed E-state index contributed by atoms with van der Waals surface area (Å²) >= 11 is 0. The average Bonchev–Trinajstić information content (AvgIpc) is 2.76. The van der Waals surface area contributed by atoms with Crippen LogP contribution in [0.15, 0.2) is 34.9 Å². The Labute approximate surface area is 107 Å². The second-order valence-electron chi connectivity index (χ2n) is 5.26. The Morgan fingerprint density at radius 3 is 2.50 bits per heavy atom. The molecule has 0 bridgehead atoms. The molecule has 0 aliphatic heterocycles. The first kappa shape index (κ1) is 12.4. The lowest BCUT2D eigenvalue weighted by Crippen LogP contribution is -2.10. The lowest BCUT2D eigenvalue weighted by molar-refractivity contribution is 0.387. The molecule has 0 saturated carbocycles. The van der Waals surface area contributed by atoms with Gasteiger partial charge in [-0.25, -0.2) is 0 Å². The minimum atomic E-state index is -0.0233. The van der Waals surface area contributed by atoms with Crippen molar-refractivity contribution in [2.75, 3.05) is 0 Å². The van der Waals surface area contributed by atoms with Gasteiger partial charge in [0.2, 0.25) is 0 Å². The van der Waals surface area contributed by atoms with E-state index in [1.807, 2.05) is 24.3 Å². The van der Waals surface area contributed by atoms with Crippen molar-refractivity contribution in [3.05, 3.63) is 47.3 Å². The summed E-state index contributed by atoms with van der Waals surface area (Å²) in [6.45, 7) is 6.25. The summed E-state index contributed by atoms with van der Waals surface area (Å²) in [4.78, 5) is 0. The van der Waals surface area contributed by atoms with Crippen molar-refractivity contribution >= 4 is 12.2 Å². The summed E-state index contributed by atoms with van der Waals surface area (Å²) in [5.74, 6) is 0.937. The number of hydrogen-bond acceptors (Lipinski definition) is 3. The molecule has 0 atom stereocenters. The number of para-hydroxylation sites is 1. The van der Waals surface area contributed by atoms with Crippen LogP contribution in [0.4, 0.5) is 0 Å². The molecular weight excluding hydrogens is 226 g/mol. The van der Waals surface area contributed by atoms with Gasteiger partial charge in [-0.1, -0.05) is 44.1 Å². The maximum atomic E-state index is 9.63. The van der Waals surface area contributed by atoms with Crippen molar-refractivity contribution in [3.63, 3.8) is 0 Å². The largest absolute Gasteiger partial charge is 0.507 e. The predicted molar refractivity (Wildman–Crippen MR) is 72.2 cm³/mol. The van der Waals surface area contributed by atoms with E-state index in [0.29, 0.717) is 5.76 Å². The predicted octanol–water partition coefficient (Wildman–Crippen LogP) is 3.85. The molecule has 0 aliphatic rings. The van der Waals surface area contributed by atoms with Gasteiger partial charge in [0, 0.05) is 17.0 Å². The molecule has 0 fully saturated rings. The van der Waals surface area contributed by atoms with E-state index in [0.717, 1.165) is 11.3 Å². The smallest absolute Gasteiger partial charge is 0.159 e. The van der Waals surface area contributed by atoms with Crippen molar-refractivity contribution < 1.29 is 9.63 Å². The van der Waals surface area contributed by atoms with E-state index in [9.17, 15) is 5.11 Å². The fourth-order valence-electron chi connectivity index (χ4n) is 1.52. The van der Waals surface area contributed by atoms with Crippen LogP contribution in [0, 0.1) is 0 Å². The molecular formula is C15H17NO2. The van der Waals surface area contributed by atoms with Crippen LogP contribution in [0.2, 0.25) is 0 Å². The van der Waals surface area contributed by atoms with E-state index in [2.05, 4.69) is 25.9 Å². The molecule has 2 aromatic rings. The van der Waals surface area contributed by atoms with Crippen LogP contribution in [0.1, 0.15) is 37.8 Å². The highest BCUT2D eigenvalue weighted by molar-refractivity contribution is 5.70. The lowest BCUT2D eigenvalue weighted by Gasteiger charge is -2.12. The zero-order chi connectivity index (χ0) is 13.2. The van der Waals surface area contributed by atoms with Gasteiger partial charge in [-0.15, -0.1) is 0 Å². The summed E-state index contributed by atoms with van der Waals surface area (Å²) in [7, 11) is 0. The fraction of sp³-hybridized carbons (Fsp3) is 0.267. The van der Waals surface area contributed by atoms with Crippen LogP contribution >= 0.6 is 0 Å². The van der Waals surface area contributed by atoms with Crippen LogP contribution in [-0.4, -0.2) is 10.3 Å². The molecule has 3 nitrogen and oxygen atoms in total. The molecule has 0 spiro atoms. The van der Waals surface area contributed by atoms with E-state index < -0.39 is 0 Å². The number of aromatic hydroxyl groups is 1. The standard InChI is InChI=1S/C15H17NO2/c1-15(2,3)14-10-12(18-16-14)9-8-11-6-4-5-7-13(11)17/h4-10,17H,1-3H3. The number of phenolic OH excluding ortho intramolecular Hbond substituents is 1. The molecule has 18 heavy (non-hydrogen) atoms. The Bertz CT molecular complexity index is 562. The fourth-order valence-corrected chi connectivity index (χ4v) is 1.52. The molecule has 0 aliphatic carbocycles. The Morgan fingerprint density at radius 2 is 1.89 bits per heavy atom. The van der Waals surface area contributed by atoms with Gasteiger partial charge in [0.05, 0.1) is 5.69 Å². The molecule has 1 N–H and O–H groups in total. The third kappa shape index (κ3) is 2.80. The van der Waals surface area contributed by atoms with E-state index in [-0.39, 0.29) is 11.2 Å². The quantitative estimate of drug-likeness (QED) is 0.871. The second-order valence-corrected chi connectivity index (χ2v) is 5.26. The SMILES string of the molecule is CC(C)(C)c1cc(C=Cc2ccccc2O)on1. The van der Waals surface area contributed by atoms with Crippen LogP contribution in [0.25, 0.3) is 12.2 Å². The maximum Gasteiger partial charge on any atom is 0.159 e. The normalized spacial score (nSPS) is 12.2.